The number of rotatable bonds is 3. The van der Waals surface area contributed by atoms with Gasteiger partial charge in [-0.2, -0.15) is 0 Å². The van der Waals surface area contributed by atoms with Gasteiger partial charge in [0.2, 0.25) is 0 Å². The number of hydrogen-bond acceptors (Lipinski definition) is 3. The van der Waals surface area contributed by atoms with Crippen LogP contribution >= 0.6 is 11.3 Å². The summed E-state index contributed by atoms with van der Waals surface area (Å²) in [6.07, 6.45) is 4.59. The Morgan fingerprint density at radius 1 is 1.50 bits per heavy atom. The fourth-order valence-corrected chi connectivity index (χ4v) is 3.61. The molecule has 0 aliphatic heterocycles. The van der Waals surface area contributed by atoms with Gasteiger partial charge in [0, 0.05) is 23.7 Å². The maximum atomic E-state index is 4.39. The number of nitrogens with one attached hydrogen (secondary N) is 1. The average molecular weight is 238 g/mol. The zero-order valence-electron chi connectivity index (χ0n) is 10.7. The van der Waals surface area contributed by atoms with Gasteiger partial charge in [0.05, 0.1) is 0 Å². The first kappa shape index (κ1) is 12.1. The molecule has 1 aliphatic rings. The smallest absolute Gasteiger partial charge is 0.107 e. The topological polar surface area (TPSA) is 24.9 Å². The first-order valence-corrected chi connectivity index (χ1v) is 6.93. The molecule has 1 fully saturated rings. The third kappa shape index (κ3) is 2.83. The highest BCUT2D eigenvalue weighted by Crippen LogP contribution is 2.40. The van der Waals surface area contributed by atoms with Gasteiger partial charge in [0.25, 0.3) is 0 Å². The third-order valence-electron chi connectivity index (χ3n) is 3.52. The van der Waals surface area contributed by atoms with E-state index in [1.165, 1.54) is 22.7 Å². The first-order chi connectivity index (χ1) is 7.46. The van der Waals surface area contributed by atoms with Gasteiger partial charge in [-0.25, -0.2) is 4.98 Å². The summed E-state index contributed by atoms with van der Waals surface area (Å²) >= 11 is 1.80. The van der Waals surface area contributed by atoms with Crippen LogP contribution in [0.5, 0.6) is 0 Å². The normalized spacial score (nSPS) is 28.5. The summed E-state index contributed by atoms with van der Waals surface area (Å²) in [5, 5.41) is 4.88. The molecule has 0 bridgehead atoms. The molecule has 1 aromatic heterocycles. The Morgan fingerprint density at radius 3 is 2.75 bits per heavy atom. The lowest BCUT2D eigenvalue weighted by atomic mass is 9.91. The van der Waals surface area contributed by atoms with Crippen molar-refractivity contribution in [3.05, 3.63) is 16.1 Å². The van der Waals surface area contributed by atoms with Crippen LogP contribution in [0.1, 0.15) is 43.5 Å². The van der Waals surface area contributed by atoms with Crippen molar-refractivity contribution in [2.45, 2.75) is 53.1 Å². The van der Waals surface area contributed by atoms with Crippen LogP contribution in [-0.4, -0.2) is 11.0 Å². The molecule has 1 N–H and O–H groups in total. The predicted molar refractivity (Wildman–Crippen MR) is 69.7 cm³/mol. The fraction of sp³-hybridized carbons (Fsp3) is 0.769. The molecule has 16 heavy (non-hydrogen) atoms. The highest BCUT2D eigenvalue weighted by Gasteiger charge is 2.36. The second-order valence-electron chi connectivity index (χ2n) is 5.90. The first-order valence-electron chi connectivity index (χ1n) is 6.11. The highest BCUT2D eigenvalue weighted by atomic mass is 32.1. The number of aryl methyl sites for hydroxylation is 1. The molecule has 1 aromatic rings. The Bertz CT molecular complexity index is 357. The standard InChI is InChI=1S/C13H22N2S/c1-9-5-13(3,4)6-11(9)14-8-12-15-7-10(2)16-12/h7,9,11,14H,5-6,8H2,1-4H3. The largest absolute Gasteiger partial charge is 0.307 e. The lowest BCUT2D eigenvalue weighted by molar-refractivity contribution is 0.362. The Labute approximate surface area is 102 Å². The molecule has 2 rings (SSSR count). The summed E-state index contributed by atoms with van der Waals surface area (Å²) in [6.45, 7) is 10.2. The van der Waals surface area contributed by atoms with Gasteiger partial charge in [-0.1, -0.05) is 20.8 Å². The van der Waals surface area contributed by atoms with Gasteiger partial charge in [-0.15, -0.1) is 11.3 Å². The number of nitrogens with zero attached hydrogens (tertiary/aromatic N) is 1. The number of aromatic nitrogens is 1. The van der Waals surface area contributed by atoms with Crippen LogP contribution in [-0.2, 0) is 6.54 Å². The van der Waals surface area contributed by atoms with Crippen LogP contribution in [0.15, 0.2) is 6.20 Å². The van der Waals surface area contributed by atoms with Gasteiger partial charge in [-0.05, 0) is 31.1 Å². The minimum absolute atomic E-state index is 0.510. The second kappa shape index (κ2) is 4.46. The number of thiazole rings is 1. The van der Waals surface area contributed by atoms with E-state index in [2.05, 4.69) is 38.0 Å². The second-order valence-corrected chi connectivity index (χ2v) is 7.22. The Kier molecular flexibility index (Phi) is 3.36. The van der Waals surface area contributed by atoms with Crippen molar-refractivity contribution in [3.63, 3.8) is 0 Å². The van der Waals surface area contributed by atoms with Crippen molar-refractivity contribution in [1.29, 1.82) is 0 Å². The predicted octanol–water partition coefficient (Wildman–Crippen LogP) is 3.37. The van der Waals surface area contributed by atoms with Crippen molar-refractivity contribution < 1.29 is 0 Å². The summed E-state index contributed by atoms with van der Waals surface area (Å²) in [5.74, 6) is 0.788. The van der Waals surface area contributed by atoms with Crippen molar-refractivity contribution in [2.24, 2.45) is 11.3 Å². The van der Waals surface area contributed by atoms with Crippen LogP contribution in [0, 0.1) is 18.3 Å². The van der Waals surface area contributed by atoms with E-state index in [0.29, 0.717) is 11.5 Å². The van der Waals surface area contributed by atoms with Gasteiger partial charge in [0.15, 0.2) is 0 Å². The Morgan fingerprint density at radius 2 is 2.25 bits per heavy atom. The van der Waals surface area contributed by atoms with E-state index >= 15 is 0 Å². The number of hydrogen-bond donors (Lipinski definition) is 1. The third-order valence-corrected chi connectivity index (χ3v) is 4.43. The molecule has 0 aromatic carbocycles. The van der Waals surface area contributed by atoms with Gasteiger partial charge >= 0.3 is 0 Å². The van der Waals surface area contributed by atoms with Crippen molar-refractivity contribution in [1.82, 2.24) is 10.3 Å². The minimum atomic E-state index is 0.510. The van der Waals surface area contributed by atoms with E-state index in [-0.39, 0.29) is 0 Å². The van der Waals surface area contributed by atoms with Crippen molar-refractivity contribution in [3.8, 4) is 0 Å². The lowest BCUT2D eigenvalue weighted by Crippen LogP contribution is -2.31. The molecule has 0 saturated heterocycles. The van der Waals surface area contributed by atoms with Gasteiger partial charge < -0.3 is 5.32 Å². The van der Waals surface area contributed by atoms with E-state index in [1.54, 1.807) is 11.3 Å². The summed E-state index contributed by atoms with van der Waals surface area (Å²) < 4.78 is 0. The molecule has 0 amide bonds. The fourth-order valence-electron chi connectivity index (χ4n) is 2.87. The molecule has 1 aliphatic carbocycles. The van der Waals surface area contributed by atoms with E-state index in [9.17, 15) is 0 Å². The van der Waals surface area contributed by atoms with Crippen LogP contribution in [0.4, 0.5) is 0 Å². The van der Waals surface area contributed by atoms with E-state index in [1.807, 2.05) is 6.20 Å². The quantitative estimate of drug-likeness (QED) is 0.873. The summed E-state index contributed by atoms with van der Waals surface area (Å²) in [6, 6.07) is 0.666. The monoisotopic (exact) mass is 238 g/mol. The zero-order valence-corrected chi connectivity index (χ0v) is 11.5. The van der Waals surface area contributed by atoms with E-state index in [4.69, 9.17) is 0 Å². The van der Waals surface area contributed by atoms with Crippen LogP contribution in [0.3, 0.4) is 0 Å². The molecule has 2 atom stereocenters. The SMILES string of the molecule is Cc1cnc(CNC2CC(C)(C)CC2C)s1. The molecule has 90 valence electrons. The molecular formula is C13H22N2S. The minimum Gasteiger partial charge on any atom is -0.307 e. The van der Waals surface area contributed by atoms with Crippen molar-refractivity contribution >= 4 is 11.3 Å². The molecular weight excluding hydrogens is 216 g/mol. The van der Waals surface area contributed by atoms with E-state index < -0.39 is 0 Å². The van der Waals surface area contributed by atoms with E-state index in [0.717, 1.165) is 12.5 Å². The summed E-state index contributed by atoms with van der Waals surface area (Å²) in [5.41, 5.74) is 0.510. The van der Waals surface area contributed by atoms with Crippen LogP contribution in [0.2, 0.25) is 0 Å². The summed E-state index contributed by atoms with van der Waals surface area (Å²) in [7, 11) is 0. The van der Waals surface area contributed by atoms with Gasteiger partial charge in [-0.3, -0.25) is 0 Å². The maximum absolute atomic E-state index is 4.39. The van der Waals surface area contributed by atoms with Gasteiger partial charge in [0.1, 0.15) is 5.01 Å². The molecule has 2 nitrogen and oxygen atoms in total. The maximum Gasteiger partial charge on any atom is 0.107 e. The Hall–Kier alpha value is -0.410. The molecule has 1 heterocycles. The molecule has 0 spiro atoms. The molecule has 1 saturated carbocycles. The lowest BCUT2D eigenvalue weighted by Gasteiger charge is -2.17. The molecule has 3 heteroatoms. The van der Waals surface area contributed by atoms with Crippen LogP contribution in [0.25, 0.3) is 0 Å². The molecule has 0 radical (unpaired) electrons. The highest BCUT2D eigenvalue weighted by molar-refractivity contribution is 7.11. The van der Waals surface area contributed by atoms with Crippen molar-refractivity contribution in [2.75, 3.05) is 0 Å². The Balaban J connectivity index is 1.87. The average Bonchev–Trinajstić information content (AvgIpc) is 2.67. The zero-order chi connectivity index (χ0) is 11.8. The van der Waals surface area contributed by atoms with Crippen LogP contribution < -0.4 is 5.32 Å². The summed E-state index contributed by atoms with van der Waals surface area (Å²) in [4.78, 5) is 5.70. The molecule has 2 unspecified atom stereocenters.